The average molecular weight is 256 g/mol. The molecular formula is C16H16OS. The van der Waals surface area contributed by atoms with Crippen LogP contribution in [-0.2, 0) is 0 Å². The van der Waals surface area contributed by atoms with Gasteiger partial charge in [-0.25, -0.2) is 0 Å². The van der Waals surface area contributed by atoms with E-state index in [2.05, 4.69) is 48.5 Å². The van der Waals surface area contributed by atoms with Crippen LogP contribution in [0.15, 0.2) is 59.5 Å². The van der Waals surface area contributed by atoms with Crippen LogP contribution >= 0.6 is 11.8 Å². The molecule has 2 aromatic carbocycles. The summed E-state index contributed by atoms with van der Waals surface area (Å²) in [4.78, 5) is 1.30. The summed E-state index contributed by atoms with van der Waals surface area (Å²) >= 11 is 1.87. The molecule has 3 rings (SSSR count). The number of thioether (sulfide) groups is 1. The summed E-state index contributed by atoms with van der Waals surface area (Å²) in [6.07, 6.45) is -0.327. The van der Waals surface area contributed by atoms with Crippen molar-refractivity contribution in [2.75, 3.05) is 0 Å². The fourth-order valence-electron chi connectivity index (χ4n) is 2.67. The highest BCUT2D eigenvalue weighted by atomic mass is 32.2. The van der Waals surface area contributed by atoms with E-state index in [1.807, 2.05) is 24.8 Å². The molecule has 2 aromatic rings. The zero-order valence-corrected chi connectivity index (χ0v) is 11.1. The standard InChI is InChI=1S/C16H16OS/c1-11(17)15-13-9-5-6-10-14(13)18-16(15)12-7-3-2-4-8-12/h2-11,15-17H,1H3. The lowest BCUT2D eigenvalue weighted by atomic mass is 9.88. The molecule has 0 aromatic heterocycles. The number of aliphatic hydroxyl groups excluding tert-OH is 1. The highest BCUT2D eigenvalue weighted by molar-refractivity contribution is 8.00. The lowest BCUT2D eigenvalue weighted by molar-refractivity contribution is 0.161. The van der Waals surface area contributed by atoms with Gasteiger partial charge in [-0.3, -0.25) is 0 Å². The number of hydrogen-bond acceptors (Lipinski definition) is 2. The van der Waals surface area contributed by atoms with E-state index in [0.29, 0.717) is 5.25 Å². The molecule has 1 heterocycles. The first-order valence-corrected chi connectivity index (χ1v) is 7.14. The molecule has 1 N–H and O–H groups in total. The summed E-state index contributed by atoms with van der Waals surface area (Å²) in [6.45, 7) is 1.89. The van der Waals surface area contributed by atoms with Crippen LogP contribution in [0.25, 0.3) is 0 Å². The summed E-state index contributed by atoms with van der Waals surface area (Å²) in [5, 5.41) is 10.4. The van der Waals surface area contributed by atoms with E-state index in [0.717, 1.165) is 0 Å². The van der Waals surface area contributed by atoms with E-state index in [-0.39, 0.29) is 12.0 Å². The molecule has 3 unspecified atom stereocenters. The topological polar surface area (TPSA) is 20.2 Å². The molecule has 3 atom stereocenters. The summed E-state index contributed by atoms with van der Waals surface area (Å²) in [5.74, 6) is 0.189. The fraction of sp³-hybridized carbons (Fsp3) is 0.250. The highest BCUT2D eigenvalue weighted by Gasteiger charge is 2.36. The lowest BCUT2D eigenvalue weighted by Crippen LogP contribution is -2.17. The van der Waals surface area contributed by atoms with Crippen LogP contribution in [0, 0.1) is 0 Å². The van der Waals surface area contributed by atoms with Crippen LogP contribution in [0.1, 0.15) is 29.2 Å². The third-order valence-corrected chi connectivity index (χ3v) is 4.95. The molecule has 1 aliphatic heterocycles. The second kappa shape index (κ2) is 4.79. The third-order valence-electron chi connectivity index (χ3n) is 3.51. The zero-order chi connectivity index (χ0) is 12.5. The first-order valence-electron chi connectivity index (χ1n) is 6.26. The molecule has 1 nitrogen and oxygen atoms in total. The summed E-state index contributed by atoms with van der Waals surface area (Å²) < 4.78 is 0. The van der Waals surface area contributed by atoms with Crippen molar-refractivity contribution in [3.8, 4) is 0 Å². The van der Waals surface area contributed by atoms with Crippen molar-refractivity contribution in [1.82, 2.24) is 0 Å². The Morgan fingerprint density at radius 2 is 1.67 bits per heavy atom. The van der Waals surface area contributed by atoms with E-state index in [9.17, 15) is 5.11 Å². The molecule has 0 radical (unpaired) electrons. The van der Waals surface area contributed by atoms with Gasteiger partial charge in [-0.05, 0) is 24.1 Å². The van der Waals surface area contributed by atoms with Crippen LogP contribution in [0.2, 0.25) is 0 Å². The molecule has 1 aliphatic rings. The summed E-state index contributed by atoms with van der Waals surface area (Å²) in [6, 6.07) is 18.9. The molecule has 0 aliphatic carbocycles. The van der Waals surface area contributed by atoms with Gasteiger partial charge in [0.15, 0.2) is 0 Å². The number of aliphatic hydroxyl groups is 1. The van der Waals surface area contributed by atoms with Gasteiger partial charge in [0, 0.05) is 16.1 Å². The van der Waals surface area contributed by atoms with Crippen molar-refractivity contribution in [3.63, 3.8) is 0 Å². The third kappa shape index (κ3) is 1.96. The van der Waals surface area contributed by atoms with Crippen LogP contribution in [0.5, 0.6) is 0 Å². The minimum Gasteiger partial charge on any atom is -0.393 e. The number of hydrogen-bond donors (Lipinski definition) is 1. The first-order chi connectivity index (χ1) is 8.77. The van der Waals surface area contributed by atoms with Gasteiger partial charge in [0.05, 0.1) is 6.10 Å². The Morgan fingerprint density at radius 3 is 2.39 bits per heavy atom. The van der Waals surface area contributed by atoms with Crippen LogP contribution < -0.4 is 0 Å². The molecular weight excluding hydrogens is 240 g/mol. The van der Waals surface area contributed by atoms with Gasteiger partial charge in [0.2, 0.25) is 0 Å². The highest BCUT2D eigenvalue weighted by Crippen LogP contribution is 2.55. The van der Waals surface area contributed by atoms with E-state index < -0.39 is 0 Å². The van der Waals surface area contributed by atoms with Gasteiger partial charge < -0.3 is 5.11 Å². The van der Waals surface area contributed by atoms with E-state index in [4.69, 9.17) is 0 Å². The van der Waals surface area contributed by atoms with Gasteiger partial charge in [-0.1, -0.05) is 48.5 Å². The Balaban J connectivity index is 2.04. The van der Waals surface area contributed by atoms with Crippen molar-refractivity contribution >= 4 is 11.8 Å². The smallest absolute Gasteiger partial charge is 0.0595 e. The Hall–Kier alpha value is -1.25. The summed E-state index contributed by atoms with van der Waals surface area (Å²) in [5.41, 5.74) is 2.58. The molecule has 0 spiro atoms. The number of fused-ring (bicyclic) bond motifs is 1. The van der Waals surface area contributed by atoms with E-state index in [1.165, 1.54) is 16.0 Å². The largest absolute Gasteiger partial charge is 0.393 e. The van der Waals surface area contributed by atoms with Gasteiger partial charge in [-0.2, -0.15) is 0 Å². The van der Waals surface area contributed by atoms with Crippen molar-refractivity contribution in [3.05, 3.63) is 65.7 Å². The minimum absolute atomic E-state index is 0.189. The molecule has 0 amide bonds. The Morgan fingerprint density at radius 1 is 1.00 bits per heavy atom. The molecule has 92 valence electrons. The maximum Gasteiger partial charge on any atom is 0.0595 e. The molecule has 2 heteroatoms. The molecule has 0 saturated carbocycles. The van der Waals surface area contributed by atoms with E-state index >= 15 is 0 Å². The van der Waals surface area contributed by atoms with Crippen molar-refractivity contribution < 1.29 is 5.11 Å². The van der Waals surface area contributed by atoms with Gasteiger partial charge in [0.25, 0.3) is 0 Å². The second-order valence-electron chi connectivity index (χ2n) is 4.75. The normalized spacial score (nSPS) is 23.7. The van der Waals surface area contributed by atoms with Crippen molar-refractivity contribution in [1.29, 1.82) is 0 Å². The first kappa shape index (κ1) is 11.8. The SMILES string of the molecule is CC(O)C1c2ccccc2SC1c1ccccc1. The number of benzene rings is 2. The Kier molecular flexibility index (Phi) is 3.14. The maximum absolute atomic E-state index is 10.1. The summed E-state index contributed by atoms with van der Waals surface area (Å²) in [7, 11) is 0. The van der Waals surface area contributed by atoms with Crippen molar-refractivity contribution in [2.24, 2.45) is 0 Å². The van der Waals surface area contributed by atoms with Gasteiger partial charge >= 0.3 is 0 Å². The van der Waals surface area contributed by atoms with Gasteiger partial charge in [-0.15, -0.1) is 11.8 Å². The predicted molar refractivity (Wildman–Crippen MR) is 75.9 cm³/mol. The van der Waals surface area contributed by atoms with Crippen LogP contribution in [0.4, 0.5) is 0 Å². The second-order valence-corrected chi connectivity index (χ2v) is 5.94. The molecule has 18 heavy (non-hydrogen) atoms. The fourth-order valence-corrected chi connectivity index (χ4v) is 4.25. The number of rotatable bonds is 2. The lowest BCUT2D eigenvalue weighted by Gasteiger charge is -2.22. The monoisotopic (exact) mass is 256 g/mol. The maximum atomic E-state index is 10.1. The van der Waals surface area contributed by atoms with Crippen molar-refractivity contribution in [2.45, 2.75) is 29.1 Å². The average Bonchev–Trinajstić information content (AvgIpc) is 2.79. The molecule has 0 saturated heterocycles. The van der Waals surface area contributed by atoms with Gasteiger partial charge in [0.1, 0.15) is 0 Å². The Labute approximate surface area is 112 Å². The predicted octanol–water partition coefficient (Wildman–Crippen LogP) is 4.00. The van der Waals surface area contributed by atoms with Crippen LogP contribution in [-0.4, -0.2) is 11.2 Å². The Bertz CT molecular complexity index is 536. The quantitative estimate of drug-likeness (QED) is 0.876. The molecule has 0 fully saturated rings. The van der Waals surface area contributed by atoms with E-state index in [1.54, 1.807) is 0 Å². The molecule has 0 bridgehead atoms. The zero-order valence-electron chi connectivity index (χ0n) is 10.3. The van der Waals surface area contributed by atoms with Crippen LogP contribution in [0.3, 0.4) is 0 Å². The minimum atomic E-state index is -0.327.